The molecule has 6 heteroatoms. The maximum atomic E-state index is 12.9. The van der Waals surface area contributed by atoms with Gasteiger partial charge in [-0.2, -0.15) is 17.6 Å². The monoisotopic (exact) mass is 342 g/mol. The van der Waals surface area contributed by atoms with Gasteiger partial charge in [-0.25, -0.2) is 0 Å². The highest BCUT2D eigenvalue weighted by Gasteiger charge is 2.43. The molecule has 0 fully saturated rings. The topological polar surface area (TPSA) is 18.5 Å². The highest BCUT2D eigenvalue weighted by Crippen LogP contribution is 2.33. The van der Waals surface area contributed by atoms with Crippen LogP contribution in [0.2, 0.25) is 0 Å². The molecule has 0 aliphatic heterocycles. The molecule has 0 saturated heterocycles. The third kappa shape index (κ3) is 4.63. The second kappa shape index (κ2) is 8.04. The van der Waals surface area contributed by atoms with Crippen molar-refractivity contribution in [3.05, 3.63) is 48.5 Å². The van der Waals surface area contributed by atoms with Gasteiger partial charge in [0.05, 0.1) is 6.61 Å². The second-order valence-corrected chi connectivity index (χ2v) is 5.19. The molecular formula is C18H18F4O2. The van der Waals surface area contributed by atoms with Crippen molar-refractivity contribution in [2.75, 3.05) is 6.61 Å². The minimum Gasteiger partial charge on any atom is -0.493 e. The van der Waals surface area contributed by atoms with Crippen molar-refractivity contribution in [3.8, 4) is 22.6 Å². The fraction of sp³-hybridized carbons (Fsp3) is 0.333. The fourth-order valence-corrected chi connectivity index (χ4v) is 2.06. The molecule has 2 nitrogen and oxygen atoms in total. The minimum atomic E-state index is -4.51. The van der Waals surface area contributed by atoms with E-state index in [1.165, 1.54) is 24.3 Å². The van der Waals surface area contributed by atoms with Gasteiger partial charge in [-0.15, -0.1) is 0 Å². The van der Waals surface area contributed by atoms with Crippen LogP contribution in [-0.2, 0) is 0 Å². The zero-order valence-corrected chi connectivity index (χ0v) is 13.1. The number of rotatable bonds is 8. The smallest absolute Gasteiger partial charge is 0.461 e. The number of unbranched alkanes of at least 4 members (excludes halogenated alkanes) is 1. The van der Waals surface area contributed by atoms with Crippen LogP contribution in [0.15, 0.2) is 48.5 Å². The Kier molecular flexibility index (Phi) is 6.06. The quantitative estimate of drug-likeness (QED) is 0.448. The van der Waals surface area contributed by atoms with Crippen LogP contribution in [0.1, 0.15) is 19.8 Å². The Labute approximate surface area is 138 Å². The van der Waals surface area contributed by atoms with Crippen molar-refractivity contribution >= 4 is 0 Å². The molecule has 0 N–H and O–H groups in total. The molecule has 0 aliphatic carbocycles. The predicted molar refractivity (Wildman–Crippen MR) is 83.9 cm³/mol. The van der Waals surface area contributed by atoms with E-state index in [1.807, 2.05) is 24.3 Å². The number of halogens is 4. The molecule has 0 amide bonds. The molecule has 0 aromatic heterocycles. The molecule has 0 spiro atoms. The lowest BCUT2D eigenvalue weighted by atomic mass is 10.0. The highest BCUT2D eigenvalue weighted by atomic mass is 19.3. The Balaban J connectivity index is 2.16. The Morgan fingerprint density at radius 1 is 1.00 bits per heavy atom. The van der Waals surface area contributed by atoms with Crippen molar-refractivity contribution in [2.24, 2.45) is 0 Å². The van der Waals surface area contributed by atoms with Gasteiger partial charge in [0.15, 0.2) is 0 Å². The van der Waals surface area contributed by atoms with Gasteiger partial charge in [0.1, 0.15) is 11.5 Å². The molecule has 130 valence electrons. The van der Waals surface area contributed by atoms with Crippen molar-refractivity contribution in [3.63, 3.8) is 0 Å². The molecule has 0 saturated carbocycles. The summed E-state index contributed by atoms with van der Waals surface area (Å²) in [6.07, 6.45) is -6.47. The average molecular weight is 342 g/mol. The lowest BCUT2D eigenvalue weighted by molar-refractivity contribution is -0.253. The van der Waals surface area contributed by atoms with Crippen LogP contribution in [-0.4, -0.2) is 19.1 Å². The van der Waals surface area contributed by atoms with Crippen LogP contribution in [0.3, 0.4) is 0 Å². The Morgan fingerprint density at radius 2 is 1.67 bits per heavy atom. The Morgan fingerprint density at radius 3 is 2.29 bits per heavy atom. The molecule has 0 aliphatic rings. The summed E-state index contributed by atoms with van der Waals surface area (Å²) in [7, 11) is 0. The molecule has 0 heterocycles. The van der Waals surface area contributed by atoms with Crippen molar-refractivity contribution < 1.29 is 27.0 Å². The number of alkyl halides is 4. The summed E-state index contributed by atoms with van der Waals surface area (Å²) < 4.78 is 59.9. The lowest BCUT2D eigenvalue weighted by Gasteiger charge is -2.17. The van der Waals surface area contributed by atoms with Crippen LogP contribution in [0, 0.1) is 0 Å². The van der Waals surface area contributed by atoms with E-state index < -0.39 is 12.5 Å². The second-order valence-electron chi connectivity index (χ2n) is 5.19. The third-order valence-electron chi connectivity index (χ3n) is 3.32. The fourth-order valence-electron chi connectivity index (χ4n) is 2.06. The number of hydrogen-bond donors (Lipinski definition) is 0. The first kappa shape index (κ1) is 18.1. The molecule has 0 bridgehead atoms. The highest BCUT2D eigenvalue weighted by molar-refractivity contribution is 5.70. The summed E-state index contributed by atoms with van der Waals surface area (Å²) in [4.78, 5) is 0. The van der Waals surface area contributed by atoms with Crippen LogP contribution in [0.25, 0.3) is 11.1 Å². The summed E-state index contributed by atoms with van der Waals surface area (Å²) in [6.45, 7) is 2.64. The van der Waals surface area contributed by atoms with Crippen molar-refractivity contribution in [1.29, 1.82) is 0 Å². The van der Waals surface area contributed by atoms with E-state index in [0.29, 0.717) is 12.4 Å². The minimum absolute atomic E-state index is 0.326. The van der Waals surface area contributed by atoms with Crippen LogP contribution in [0.4, 0.5) is 17.6 Å². The van der Waals surface area contributed by atoms with Gasteiger partial charge in [0.2, 0.25) is 0 Å². The normalized spacial score (nSPS) is 11.6. The lowest BCUT2D eigenvalue weighted by Crippen LogP contribution is -2.33. The first-order valence-corrected chi connectivity index (χ1v) is 7.61. The largest absolute Gasteiger partial charge is 0.493 e. The van der Waals surface area contributed by atoms with Crippen molar-refractivity contribution in [1.82, 2.24) is 0 Å². The average Bonchev–Trinajstić information content (AvgIpc) is 2.56. The predicted octanol–water partition coefficient (Wildman–Crippen LogP) is 5.77. The standard InChI is InChI=1S/C18H18F4O2/c1-2-3-12-23-16-7-5-4-6-15(16)13-8-10-14(11-9-13)24-18(21,22)17(19)20/h4-11,17H,2-3,12H2,1H3. The maximum Gasteiger partial charge on any atom is 0.461 e. The summed E-state index contributed by atoms with van der Waals surface area (Å²) in [5, 5.41) is 0. The number of ether oxygens (including phenoxy) is 2. The Hall–Kier alpha value is -2.24. The van der Waals surface area contributed by atoms with E-state index in [-0.39, 0.29) is 5.75 Å². The van der Waals surface area contributed by atoms with Gasteiger partial charge in [0.25, 0.3) is 0 Å². The van der Waals surface area contributed by atoms with Gasteiger partial charge < -0.3 is 9.47 Å². The van der Waals surface area contributed by atoms with E-state index in [1.54, 1.807) is 0 Å². The summed E-state index contributed by atoms with van der Waals surface area (Å²) in [6, 6.07) is 12.8. The SMILES string of the molecule is CCCCOc1ccccc1-c1ccc(OC(F)(F)C(F)F)cc1. The molecule has 0 atom stereocenters. The first-order valence-electron chi connectivity index (χ1n) is 7.61. The van der Waals surface area contributed by atoms with Gasteiger partial charge in [-0.05, 0) is 30.2 Å². The van der Waals surface area contributed by atoms with Gasteiger partial charge in [-0.3, -0.25) is 0 Å². The van der Waals surface area contributed by atoms with Gasteiger partial charge in [-0.1, -0.05) is 43.7 Å². The van der Waals surface area contributed by atoms with E-state index in [4.69, 9.17) is 4.74 Å². The van der Waals surface area contributed by atoms with Crippen LogP contribution < -0.4 is 9.47 Å². The van der Waals surface area contributed by atoms with E-state index in [0.717, 1.165) is 24.0 Å². The van der Waals surface area contributed by atoms with Gasteiger partial charge >= 0.3 is 12.5 Å². The molecule has 2 rings (SSSR count). The van der Waals surface area contributed by atoms with Gasteiger partial charge in [0, 0.05) is 5.56 Å². The van der Waals surface area contributed by atoms with E-state index in [9.17, 15) is 17.6 Å². The number of hydrogen-bond acceptors (Lipinski definition) is 2. The van der Waals surface area contributed by atoms with Crippen LogP contribution in [0.5, 0.6) is 11.5 Å². The van der Waals surface area contributed by atoms with Crippen molar-refractivity contribution in [2.45, 2.75) is 32.3 Å². The molecule has 0 unspecified atom stereocenters. The zero-order valence-electron chi connectivity index (χ0n) is 13.1. The van der Waals surface area contributed by atoms with Crippen LogP contribution >= 0.6 is 0 Å². The summed E-state index contributed by atoms with van der Waals surface area (Å²) >= 11 is 0. The zero-order chi connectivity index (χ0) is 17.6. The van der Waals surface area contributed by atoms with E-state index in [2.05, 4.69) is 11.7 Å². The molecule has 2 aromatic carbocycles. The number of para-hydroxylation sites is 1. The summed E-state index contributed by atoms with van der Waals surface area (Å²) in [5.74, 6) is 0.353. The molecule has 0 radical (unpaired) electrons. The molecule has 2 aromatic rings. The molecular weight excluding hydrogens is 324 g/mol. The summed E-state index contributed by atoms with van der Waals surface area (Å²) in [5.41, 5.74) is 1.51. The maximum absolute atomic E-state index is 12.9. The van der Waals surface area contributed by atoms with E-state index >= 15 is 0 Å². The molecule has 24 heavy (non-hydrogen) atoms. The Bertz CT molecular complexity index is 642. The third-order valence-corrected chi connectivity index (χ3v) is 3.32. The first-order chi connectivity index (χ1) is 11.4. The number of benzene rings is 2.